The zero-order chi connectivity index (χ0) is 34.5. The van der Waals surface area contributed by atoms with E-state index in [1.807, 2.05) is 30.5 Å². The number of nitrogens with zero attached hydrogens (tertiary/aromatic N) is 3. The van der Waals surface area contributed by atoms with Crippen LogP contribution in [0.4, 0.5) is 0 Å². The van der Waals surface area contributed by atoms with Gasteiger partial charge in [0, 0.05) is 17.3 Å². The molecule has 0 atom stereocenters. The van der Waals surface area contributed by atoms with Crippen LogP contribution < -0.4 is 0 Å². The number of imidazole rings is 1. The molecule has 0 aliphatic carbocycles. The maximum Gasteiger partial charge on any atom is 0.149 e. The molecule has 0 radical (unpaired) electrons. The van der Waals surface area contributed by atoms with Gasteiger partial charge in [-0.3, -0.25) is 9.55 Å². The van der Waals surface area contributed by atoms with E-state index >= 15 is 0 Å². The van der Waals surface area contributed by atoms with Crippen molar-refractivity contribution in [2.75, 3.05) is 0 Å². The molecule has 2 aromatic heterocycles. The summed E-state index contributed by atoms with van der Waals surface area (Å²) in [6.45, 7) is 22.4. The number of hydrogen-bond donors (Lipinski definition) is 1. The number of fused-ring (bicyclic) bond motifs is 1. The Morgan fingerprint density at radius 2 is 1.27 bits per heavy atom. The SMILES string of the molecule is CC(C)c1cccc(C(C)C)c1-n1c(-c2cc(C(C)(C)C)ccc2O)nc2c(-c3cc(-c4ccccn4)cc(C(C)(C)C)c3)cccc21. The van der Waals surface area contributed by atoms with Gasteiger partial charge in [0.1, 0.15) is 11.6 Å². The minimum absolute atomic E-state index is 0.0699. The highest BCUT2D eigenvalue weighted by molar-refractivity contribution is 5.97. The van der Waals surface area contributed by atoms with Crippen LogP contribution in [0.1, 0.15) is 103 Å². The average Bonchev–Trinajstić information content (AvgIpc) is 3.43. The summed E-state index contributed by atoms with van der Waals surface area (Å²) in [6, 6.07) is 32.0. The van der Waals surface area contributed by atoms with Gasteiger partial charge in [0.15, 0.2) is 0 Å². The zero-order valence-electron chi connectivity index (χ0n) is 30.2. The molecule has 246 valence electrons. The highest BCUT2D eigenvalue weighted by atomic mass is 16.3. The molecule has 0 bridgehead atoms. The van der Waals surface area contributed by atoms with Crippen molar-refractivity contribution in [1.82, 2.24) is 14.5 Å². The van der Waals surface area contributed by atoms with Crippen molar-refractivity contribution in [3.63, 3.8) is 0 Å². The predicted molar refractivity (Wildman–Crippen MR) is 202 cm³/mol. The van der Waals surface area contributed by atoms with Crippen molar-refractivity contribution in [1.29, 1.82) is 0 Å². The molecule has 0 unspecified atom stereocenters. The van der Waals surface area contributed by atoms with Gasteiger partial charge in [-0.2, -0.15) is 0 Å². The molecule has 4 heteroatoms. The van der Waals surface area contributed by atoms with Crippen molar-refractivity contribution >= 4 is 11.0 Å². The molecule has 6 aromatic rings. The third-order valence-corrected chi connectivity index (χ3v) is 9.43. The number of para-hydroxylation sites is 2. The lowest BCUT2D eigenvalue weighted by Gasteiger charge is -2.24. The molecular weight excluding hydrogens is 587 g/mol. The Labute approximate surface area is 286 Å². The van der Waals surface area contributed by atoms with Gasteiger partial charge in [0.05, 0.1) is 28.0 Å². The Bertz CT molecular complexity index is 2080. The van der Waals surface area contributed by atoms with E-state index < -0.39 is 0 Å². The van der Waals surface area contributed by atoms with Gasteiger partial charge in [-0.05, 0) is 92.9 Å². The van der Waals surface area contributed by atoms with E-state index in [4.69, 9.17) is 9.97 Å². The number of aromatic nitrogens is 3. The number of hydrogen-bond acceptors (Lipinski definition) is 3. The van der Waals surface area contributed by atoms with E-state index in [2.05, 4.69) is 141 Å². The lowest BCUT2D eigenvalue weighted by atomic mass is 9.83. The molecule has 0 saturated carbocycles. The number of aromatic hydroxyl groups is 1. The van der Waals surface area contributed by atoms with E-state index in [0.29, 0.717) is 0 Å². The molecule has 1 N–H and O–H groups in total. The van der Waals surface area contributed by atoms with Crippen LogP contribution in [-0.4, -0.2) is 19.6 Å². The molecule has 6 rings (SSSR count). The number of phenols is 1. The van der Waals surface area contributed by atoms with Crippen LogP contribution in [0.25, 0.3) is 50.5 Å². The highest BCUT2D eigenvalue weighted by Gasteiger charge is 2.26. The third kappa shape index (κ3) is 6.17. The van der Waals surface area contributed by atoms with Crippen LogP contribution in [0.5, 0.6) is 5.75 Å². The largest absolute Gasteiger partial charge is 0.507 e. The van der Waals surface area contributed by atoms with Crippen molar-refractivity contribution in [3.05, 3.63) is 119 Å². The highest BCUT2D eigenvalue weighted by Crippen LogP contribution is 2.43. The molecule has 0 aliphatic heterocycles. The third-order valence-electron chi connectivity index (χ3n) is 9.43. The fourth-order valence-corrected chi connectivity index (χ4v) is 6.59. The Kier molecular flexibility index (Phi) is 8.57. The van der Waals surface area contributed by atoms with Crippen LogP contribution >= 0.6 is 0 Å². The summed E-state index contributed by atoms with van der Waals surface area (Å²) < 4.78 is 2.32. The Hall–Kier alpha value is -4.70. The van der Waals surface area contributed by atoms with Crippen LogP contribution in [0.2, 0.25) is 0 Å². The van der Waals surface area contributed by atoms with Gasteiger partial charge >= 0.3 is 0 Å². The lowest BCUT2D eigenvalue weighted by molar-refractivity contribution is 0.475. The molecule has 0 aliphatic rings. The zero-order valence-corrected chi connectivity index (χ0v) is 30.2. The summed E-state index contributed by atoms with van der Waals surface area (Å²) in [6.07, 6.45) is 1.85. The van der Waals surface area contributed by atoms with Crippen LogP contribution in [0.3, 0.4) is 0 Å². The first-order chi connectivity index (χ1) is 22.6. The standard InChI is InChI=1S/C44H49N3O/c1-27(2)33-15-13-16-34(28(3)4)41(33)47-38-19-14-17-35(40(38)46-42(47)36-26-31(43(5,6)7)20-21-39(36)48)29-23-30(37-18-11-12-22-45-37)25-32(24-29)44(8,9)10/h11-28,48H,1-10H3. The summed E-state index contributed by atoms with van der Waals surface area (Å²) in [5, 5.41) is 11.5. The first-order valence-corrected chi connectivity index (χ1v) is 17.2. The Morgan fingerprint density at radius 1 is 0.625 bits per heavy atom. The number of benzene rings is 4. The van der Waals surface area contributed by atoms with E-state index in [9.17, 15) is 5.11 Å². The number of phenolic OH excluding ortho intramolecular Hbond substituents is 1. The maximum absolute atomic E-state index is 11.5. The number of pyridine rings is 1. The second-order valence-electron chi connectivity index (χ2n) is 15.8. The van der Waals surface area contributed by atoms with E-state index in [0.717, 1.165) is 56.1 Å². The van der Waals surface area contributed by atoms with Crippen molar-refractivity contribution in [3.8, 4) is 45.2 Å². The van der Waals surface area contributed by atoms with E-state index in [-0.39, 0.29) is 28.4 Å². The molecule has 0 spiro atoms. The topological polar surface area (TPSA) is 50.9 Å². The summed E-state index contributed by atoms with van der Waals surface area (Å²) in [4.78, 5) is 10.2. The minimum atomic E-state index is -0.0986. The van der Waals surface area contributed by atoms with E-state index in [1.54, 1.807) is 0 Å². The number of rotatable bonds is 6. The first kappa shape index (κ1) is 33.2. The first-order valence-electron chi connectivity index (χ1n) is 17.2. The fraction of sp³-hybridized carbons (Fsp3) is 0.318. The van der Waals surface area contributed by atoms with Gasteiger partial charge in [0.25, 0.3) is 0 Å². The van der Waals surface area contributed by atoms with Gasteiger partial charge in [-0.1, -0.05) is 118 Å². The second kappa shape index (κ2) is 12.4. The van der Waals surface area contributed by atoms with Crippen LogP contribution in [-0.2, 0) is 10.8 Å². The van der Waals surface area contributed by atoms with Gasteiger partial charge < -0.3 is 5.11 Å². The van der Waals surface area contributed by atoms with Gasteiger partial charge in [0.2, 0.25) is 0 Å². The molecule has 0 fully saturated rings. The Morgan fingerprint density at radius 3 is 1.88 bits per heavy atom. The smallest absolute Gasteiger partial charge is 0.149 e. The average molecular weight is 636 g/mol. The van der Waals surface area contributed by atoms with Crippen molar-refractivity contribution < 1.29 is 5.11 Å². The van der Waals surface area contributed by atoms with Crippen LogP contribution in [0, 0.1) is 0 Å². The molecule has 2 heterocycles. The summed E-state index contributed by atoms with van der Waals surface area (Å²) in [5.41, 5.74) is 12.7. The van der Waals surface area contributed by atoms with Gasteiger partial charge in [-0.15, -0.1) is 0 Å². The summed E-state index contributed by atoms with van der Waals surface area (Å²) >= 11 is 0. The van der Waals surface area contributed by atoms with Crippen molar-refractivity contribution in [2.24, 2.45) is 0 Å². The Balaban J connectivity index is 1.75. The van der Waals surface area contributed by atoms with Gasteiger partial charge in [-0.25, -0.2) is 4.98 Å². The molecule has 0 amide bonds. The summed E-state index contributed by atoms with van der Waals surface area (Å²) in [5.74, 6) is 1.53. The molecular formula is C44H49N3O. The minimum Gasteiger partial charge on any atom is -0.507 e. The normalized spacial score (nSPS) is 12.4. The molecule has 4 nitrogen and oxygen atoms in total. The van der Waals surface area contributed by atoms with Crippen molar-refractivity contribution in [2.45, 2.75) is 91.9 Å². The fourth-order valence-electron chi connectivity index (χ4n) is 6.59. The second-order valence-corrected chi connectivity index (χ2v) is 15.8. The van der Waals surface area contributed by atoms with E-state index in [1.165, 1.54) is 16.7 Å². The monoisotopic (exact) mass is 635 g/mol. The molecule has 48 heavy (non-hydrogen) atoms. The summed E-state index contributed by atoms with van der Waals surface area (Å²) in [7, 11) is 0. The lowest BCUT2D eigenvalue weighted by Crippen LogP contribution is -2.12. The van der Waals surface area contributed by atoms with Crippen LogP contribution in [0.15, 0.2) is 97.2 Å². The molecule has 4 aromatic carbocycles. The maximum atomic E-state index is 11.5. The quantitative estimate of drug-likeness (QED) is 0.198. The molecule has 0 saturated heterocycles. The predicted octanol–water partition coefficient (Wildman–Crippen LogP) is 12.0.